The Labute approximate surface area is 107 Å². The lowest BCUT2D eigenvalue weighted by atomic mass is 10.00. The van der Waals surface area contributed by atoms with E-state index in [-0.39, 0.29) is 5.91 Å². The first-order valence-corrected chi connectivity index (χ1v) is 5.95. The quantitative estimate of drug-likeness (QED) is 0.899. The molecular formula is C15H17NO2. The van der Waals surface area contributed by atoms with Gasteiger partial charge in [0.05, 0.1) is 11.8 Å². The van der Waals surface area contributed by atoms with Crippen LogP contribution < -0.4 is 5.32 Å². The molecule has 1 N–H and O–H groups in total. The van der Waals surface area contributed by atoms with Crippen LogP contribution in [0, 0.1) is 20.8 Å². The Morgan fingerprint density at radius 2 is 1.89 bits per heavy atom. The number of rotatable bonds is 3. The van der Waals surface area contributed by atoms with Gasteiger partial charge in [0, 0.05) is 6.54 Å². The maximum Gasteiger partial charge on any atom is 0.254 e. The number of amides is 1. The lowest BCUT2D eigenvalue weighted by Gasteiger charge is -2.12. The lowest BCUT2D eigenvalue weighted by Crippen LogP contribution is -2.23. The standard InChI is InChI=1S/C15H17NO2/c1-10-6-11(2)14(12(3)7-10)8-16-15(17)13-4-5-18-9-13/h4-7,9H,8H2,1-3H3,(H,16,17). The third-order valence-electron chi connectivity index (χ3n) is 3.05. The van der Waals surface area contributed by atoms with Crippen molar-refractivity contribution in [2.24, 2.45) is 0 Å². The van der Waals surface area contributed by atoms with Crippen LogP contribution in [-0.2, 0) is 6.54 Å². The first-order valence-electron chi connectivity index (χ1n) is 5.95. The number of hydrogen-bond acceptors (Lipinski definition) is 2. The summed E-state index contributed by atoms with van der Waals surface area (Å²) < 4.78 is 4.89. The number of nitrogens with one attached hydrogen (secondary N) is 1. The first-order chi connectivity index (χ1) is 8.58. The predicted octanol–water partition coefficient (Wildman–Crippen LogP) is 3.13. The third-order valence-corrected chi connectivity index (χ3v) is 3.05. The van der Waals surface area contributed by atoms with Gasteiger partial charge in [-0.15, -0.1) is 0 Å². The Hall–Kier alpha value is -2.03. The second-order valence-corrected chi connectivity index (χ2v) is 4.57. The van der Waals surface area contributed by atoms with Gasteiger partial charge in [0.2, 0.25) is 0 Å². The number of aryl methyl sites for hydroxylation is 3. The van der Waals surface area contributed by atoms with Crippen LogP contribution in [0.1, 0.15) is 32.6 Å². The molecule has 0 aliphatic heterocycles. The van der Waals surface area contributed by atoms with Crippen LogP contribution in [0.5, 0.6) is 0 Å². The molecule has 0 saturated heterocycles. The summed E-state index contributed by atoms with van der Waals surface area (Å²) in [5, 5.41) is 2.90. The van der Waals surface area contributed by atoms with Gasteiger partial charge in [0.1, 0.15) is 6.26 Å². The summed E-state index contributed by atoms with van der Waals surface area (Å²) >= 11 is 0. The molecule has 1 heterocycles. The molecule has 2 aromatic rings. The van der Waals surface area contributed by atoms with Crippen LogP contribution in [0.2, 0.25) is 0 Å². The van der Waals surface area contributed by atoms with Crippen molar-refractivity contribution in [3.63, 3.8) is 0 Å². The van der Waals surface area contributed by atoms with E-state index in [1.807, 2.05) is 0 Å². The summed E-state index contributed by atoms with van der Waals surface area (Å²) in [4.78, 5) is 11.8. The minimum absolute atomic E-state index is 0.108. The van der Waals surface area contributed by atoms with E-state index >= 15 is 0 Å². The van der Waals surface area contributed by atoms with Crippen molar-refractivity contribution in [1.82, 2.24) is 5.32 Å². The van der Waals surface area contributed by atoms with E-state index in [1.165, 1.54) is 34.8 Å². The Bertz CT molecular complexity index is 533. The average molecular weight is 243 g/mol. The molecule has 3 nitrogen and oxygen atoms in total. The second kappa shape index (κ2) is 5.08. The van der Waals surface area contributed by atoms with Crippen molar-refractivity contribution in [3.05, 3.63) is 58.5 Å². The van der Waals surface area contributed by atoms with Crippen molar-refractivity contribution in [2.75, 3.05) is 0 Å². The molecule has 18 heavy (non-hydrogen) atoms. The van der Waals surface area contributed by atoms with Gasteiger partial charge < -0.3 is 9.73 Å². The predicted molar refractivity (Wildman–Crippen MR) is 70.5 cm³/mol. The summed E-state index contributed by atoms with van der Waals surface area (Å²) in [7, 11) is 0. The van der Waals surface area contributed by atoms with Gasteiger partial charge in [-0.05, 0) is 43.5 Å². The Morgan fingerprint density at radius 1 is 1.22 bits per heavy atom. The van der Waals surface area contributed by atoms with Gasteiger partial charge >= 0.3 is 0 Å². The van der Waals surface area contributed by atoms with Crippen LogP contribution >= 0.6 is 0 Å². The van der Waals surface area contributed by atoms with Gasteiger partial charge in [-0.3, -0.25) is 4.79 Å². The molecule has 1 amide bonds. The zero-order valence-corrected chi connectivity index (χ0v) is 10.9. The number of benzene rings is 1. The normalized spacial score (nSPS) is 10.4. The fraction of sp³-hybridized carbons (Fsp3) is 0.267. The monoisotopic (exact) mass is 243 g/mol. The molecule has 0 aliphatic rings. The molecule has 0 atom stereocenters. The topological polar surface area (TPSA) is 42.2 Å². The van der Waals surface area contributed by atoms with Gasteiger partial charge in [0.25, 0.3) is 5.91 Å². The maximum absolute atomic E-state index is 11.8. The molecule has 3 heteroatoms. The zero-order chi connectivity index (χ0) is 13.1. The smallest absolute Gasteiger partial charge is 0.254 e. The summed E-state index contributed by atoms with van der Waals surface area (Å²) in [5.74, 6) is -0.108. The number of furan rings is 1. The maximum atomic E-state index is 11.8. The van der Waals surface area contributed by atoms with Crippen molar-refractivity contribution in [1.29, 1.82) is 0 Å². The minimum Gasteiger partial charge on any atom is -0.472 e. The van der Waals surface area contributed by atoms with E-state index in [4.69, 9.17) is 4.42 Å². The van der Waals surface area contributed by atoms with Gasteiger partial charge in [-0.1, -0.05) is 17.7 Å². The zero-order valence-electron chi connectivity index (χ0n) is 10.9. The fourth-order valence-corrected chi connectivity index (χ4v) is 2.15. The third kappa shape index (κ3) is 2.62. The number of carbonyl (C=O) groups is 1. The Balaban J connectivity index is 2.09. The Kier molecular flexibility index (Phi) is 3.51. The van der Waals surface area contributed by atoms with E-state index in [2.05, 4.69) is 38.2 Å². The number of carbonyl (C=O) groups excluding carboxylic acids is 1. The van der Waals surface area contributed by atoms with Crippen molar-refractivity contribution < 1.29 is 9.21 Å². The molecule has 1 aromatic heterocycles. The molecule has 94 valence electrons. The molecule has 0 aliphatic carbocycles. The molecule has 0 bridgehead atoms. The van der Waals surface area contributed by atoms with Crippen LogP contribution in [-0.4, -0.2) is 5.91 Å². The highest BCUT2D eigenvalue weighted by Gasteiger charge is 2.08. The molecule has 0 radical (unpaired) electrons. The molecule has 0 unspecified atom stereocenters. The highest BCUT2D eigenvalue weighted by atomic mass is 16.3. The van der Waals surface area contributed by atoms with E-state index in [0.717, 1.165) is 0 Å². The summed E-state index contributed by atoms with van der Waals surface area (Å²) in [6, 6.07) is 5.92. The largest absolute Gasteiger partial charge is 0.472 e. The average Bonchev–Trinajstić information content (AvgIpc) is 2.80. The second-order valence-electron chi connectivity index (χ2n) is 4.57. The minimum atomic E-state index is -0.108. The molecule has 1 aromatic carbocycles. The summed E-state index contributed by atoms with van der Waals surface area (Å²) in [6.07, 6.45) is 2.95. The van der Waals surface area contributed by atoms with Crippen molar-refractivity contribution in [2.45, 2.75) is 27.3 Å². The van der Waals surface area contributed by atoms with E-state index in [1.54, 1.807) is 6.07 Å². The first kappa shape index (κ1) is 12.4. The molecule has 0 spiro atoms. The Morgan fingerprint density at radius 3 is 2.44 bits per heavy atom. The lowest BCUT2D eigenvalue weighted by molar-refractivity contribution is 0.0950. The van der Waals surface area contributed by atoms with Crippen LogP contribution in [0.15, 0.2) is 35.1 Å². The SMILES string of the molecule is Cc1cc(C)c(CNC(=O)c2ccoc2)c(C)c1. The van der Waals surface area contributed by atoms with Crippen LogP contribution in [0.4, 0.5) is 0 Å². The highest BCUT2D eigenvalue weighted by Crippen LogP contribution is 2.16. The van der Waals surface area contributed by atoms with Gasteiger partial charge in [-0.2, -0.15) is 0 Å². The highest BCUT2D eigenvalue weighted by molar-refractivity contribution is 5.93. The van der Waals surface area contributed by atoms with Crippen molar-refractivity contribution in [3.8, 4) is 0 Å². The van der Waals surface area contributed by atoms with Gasteiger partial charge in [0.15, 0.2) is 0 Å². The van der Waals surface area contributed by atoms with Crippen LogP contribution in [0.3, 0.4) is 0 Å². The number of hydrogen-bond donors (Lipinski definition) is 1. The summed E-state index contributed by atoms with van der Waals surface area (Å²) in [5.41, 5.74) is 5.39. The fourth-order valence-electron chi connectivity index (χ4n) is 2.15. The molecule has 2 rings (SSSR count). The molecule has 0 saturated carbocycles. The van der Waals surface area contributed by atoms with Crippen molar-refractivity contribution >= 4 is 5.91 Å². The van der Waals surface area contributed by atoms with E-state index < -0.39 is 0 Å². The van der Waals surface area contributed by atoms with Crippen LogP contribution in [0.25, 0.3) is 0 Å². The van der Waals surface area contributed by atoms with E-state index in [0.29, 0.717) is 12.1 Å². The molecule has 0 fully saturated rings. The van der Waals surface area contributed by atoms with E-state index in [9.17, 15) is 4.79 Å². The molecular weight excluding hydrogens is 226 g/mol. The van der Waals surface area contributed by atoms with Gasteiger partial charge in [-0.25, -0.2) is 0 Å². The summed E-state index contributed by atoms with van der Waals surface area (Å²) in [6.45, 7) is 6.76.